The minimum absolute atomic E-state index is 0.0603. The molecule has 3 heterocycles. The molecule has 4 aromatic rings. The lowest BCUT2D eigenvalue weighted by Gasteiger charge is -2.12. The summed E-state index contributed by atoms with van der Waals surface area (Å²) in [6, 6.07) is 8.29. The van der Waals surface area contributed by atoms with Gasteiger partial charge in [0, 0.05) is 18.2 Å². The molecular formula is C24H26FN7O5S. The van der Waals surface area contributed by atoms with E-state index in [0.29, 0.717) is 28.9 Å². The van der Waals surface area contributed by atoms with Gasteiger partial charge in [0.05, 0.1) is 23.3 Å². The van der Waals surface area contributed by atoms with E-state index in [1.165, 1.54) is 6.07 Å². The zero-order chi connectivity index (χ0) is 27.6. The molecule has 1 fully saturated rings. The molecule has 0 spiro atoms. The van der Waals surface area contributed by atoms with Gasteiger partial charge in [0.25, 0.3) is 5.91 Å². The predicted molar refractivity (Wildman–Crippen MR) is 136 cm³/mol. The summed E-state index contributed by atoms with van der Waals surface area (Å²) in [5, 5.41) is 10.8. The molecule has 5 rings (SSSR count). The van der Waals surface area contributed by atoms with E-state index in [1.807, 2.05) is 36.1 Å². The highest BCUT2D eigenvalue weighted by molar-refractivity contribution is 7.79. The standard InChI is InChI=1S/C24H24FN7O.H2O4S/c1-14(2)32-13-27-30-23(32)19-5-4-6-22(28-19)29-24(33)17-10-21(15(3)9-18(17)25)31-11-20(26-12-31)16-7-8-16;1-5(2,3)4/h4-6,9-14,16H,7-8H2,1-3H3,(H,28,29,33);(H2,1,2,3,4). The maximum absolute atomic E-state index is 14.8. The van der Waals surface area contributed by atoms with Crippen molar-refractivity contribution in [3.05, 3.63) is 71.8 Å². The lowest BCUT2D eigenvalue weighted by molar-refractivity contribution is 0.102. The van der Waals surface area contributed by atoms with E-state index in [0.717, 1.165) is 24.1 Å². The first-order valence-electron chi connectivity index (χ1n) is 11.6. The van der Waals surface area contributed by atoms with Crippen LogP contribution in [0, 0.1) is 12.7 Å². The van der Waals surface area contributed by atoms with E-state index in [9.17, 15) is 9.18 Å². The molecule has 0 bridgehead atoms. The molecule has 1 amide bonds. The predicted octanol–water partition coefficient (Wildman–Crippen LogP) is 4.03. The summed E-state index contributed by atoms with van der Waals surface area (Å²) in [6.45, 7) is 5.85. The highest BCUT2D eigenvalue weighted by Crippen LogP contribution is 2.39. The van der Waals surface area contributed by atoms with Crippen LogP contribution in [0.25, 0.3) is 17.2 Å². The zero-order valence-electron chi connectivity index (χ0n) is 20.8. The van der Waals surface area contributed by atoms with Crippen molar-refractivity contribution < 1.29 is 26.7 Å². The van der Waals surface area contributed by atoms with Crippen LogP contribution in [-0.4, -0.2) is 52.7 Å². The van der Waals surface area contributed by atoms with E-state index < -0.39 is 22.1 Å². The SMILES string of the molecule is Cc1cc(F)c(C(=O)Nc2cccc(-c3nncn3C(C)C)n2)cc1-n1cnc(C2CC2)c1.O=S(=O)(O)O. The summed E-state index contributed by atoms with van der Waals surface area (Å²) in [6.07, 6.45) is 7.60. The number of hydrogen-bond acceptors (Lipinski definition) is 7. The Kier molecular flexibility index (Phi) is 7.66. The first-order chi connectivity index (χ1) is 17.9. The Hall–Kier alpha value is -4.01. The molecule has 12 nitrogen and oxygen atoms in total. The Bertz CT molecular complexity index is 1570. The third-order valence-electron chi connectivity index (χ3n) is 5.76. The van der Waals surface area contributed by atoms with Gasteiger partial charge in [0.1, 0.15) is 23.7 Å². The largest absolute Gasteiger partial charge is 0.394 e. The lowest BCUT2D eigenvalue weighted by atomic mass is 10.1. The van der Waals surface area contributed by atoms with Crippen molar-refractivity contribution in [1.29, 1.82) is 0 Å². The number of nitrogens with one attached hydrogen (secondary N) is 1. The number of amides is 1. The average Bonchev–Trinajstić information content (AvgIpc) is 3.35. The van der Waals surface area contributed by atoms with Gasteiger partial charge in [-0.15, -0.1) is 10.2 Å². The zero-order valence-corrected chi connectivity index (χ0v) is 21.6. The van der Waals surface area contributed by atoms with Crippen LogP contribution in [-0.2, 0) is 10.4 Å². The highest BCUT2D eigenvalue weighted by atomic mass is 32.3. The molecular weight excluding hydrogens is 517 g/mol. The van der Waals surface area contributed by atoms with Gasteiger partial charge in [-0.3, -0.25) is 13.9 Å². The first-order valence-corrected chi connectivity index (χ1v) is 13.0. The molecule has 0 aliphatic heterocycles. The molecule has 38 heavy (non-hydrogen) atoms. The summed E-state index contributed by atoms with van der Waals surface area (Å²) in [5.41, 5.74) is 2.97. The minimum Gasteiger partial charge on any atom is -0.310 e. The number of carbonyl (C=O) groups excluding carboxylic acids is 1. The van der Waals surface area contributed by atoms with Gasteiger partial charge in [-0.1, -0.05) is 6.07 Å². The summed E-state index contributed by atoms with van der Waals surface area (Å²) < 4.78 is 50.1. The van der Waals surface area contributed by atoms with Gasteiger partial charge in [0.15, 0.2) is 5.82 Å². The molecule has 1 aliphatic carbocycles. The molecule has 0 atom stereocenters. The normalized spacial score (nSPS) is 13.2. The van der Waals surface area contributed by atoms with Crippen molar-refractivity contribution in [2.24, 2.45) is 0 Å². The summed E-state index contributed by atoms with van der Waals surface area (Å²) in [7, 11) is -4.67. The molecule has 200 valence electrons. The van der Waals surface area contributed by atoms with Crippen molar-refractivity contribution in [1.82, 2.24) is 29.3 Å². The van der Waals surface area contributed by atoms with Crippen LogP contribution in [0.2, 0.25) is 0 Å². The fourth-order valence-corrected chi connectivity index (χ4v) is 3.79. The first kappa shape index (κ1) is 27.0. The highest BCUT2D eigenvalue weighted by Gasteiger charge is 2.26. The van der Waals surface area contributed by atoms with Gasteiger partial charge in [-0.05, 0) is 63.4 Å². The molecule has 0 unspecified atom stereocenters. The number of hydrogen-bond donors (Lipinski definition) is 3. The summed E-state index contributed by atoms with van der Waals surface area (Å²) >= 11 is 0. The lowest BCUT2D eigenvalue weighted by Crippen LogP contribution is -2.16. The van der Waals surface area contributed by atoms with Crippen LogP contribution < -0.4 is 5.32 Å². The molecule has 1 aliphatic rings. The van der Waals surface area contributed by atoms with Crippen LogP contribution >= 0.6 is 0 Å². The number of rotatable bonds is 6. The van der Waals surface area contributed by atoms with E-state index >= 15 is 0 Å². The third-order valence-corrected chi connectivity index (χ3v) is 5.76. The van der Waals surface area contributed by atoms with Gasteiger partial charge in [-0.2, -0.15) is 8.42 Å². The number of pyridine rings is 1. The van der Waals surface area contributed by atoms with Crippen molar-refractivity contribution in [2.45, 2.75) is 45.6 Å². The topological polar surface area (TPSA) is 165 Å². The second-order valence-corrected chi connectivity index (χ2v) is 9.96. The van der Waals surface area contributed by atoms with Crippen LogP contribution in [0.5, 0.6) is 0 Å². The van der Waals surface area contributed by atoms with Gasteiger partial charge >= 0.3 is 10.4 Å². The van der Waals surface area contributed by atoms with Gasteiger partial charge < -0.3 is 14.5 Å². The van der Waals surface area contributed by atoms with E-state index in [1.54, 1.807) is 36.9 Å². The molecule has 3 aromatic heterocycles. The van der Waals surface area contributed by atoms with Crippen LogP contribution in [0.3, 0.4) is 0 Å². The quantitative estimate of drug-likeness (QED) is 0.304. The second-order valence-electron chi connectivity index (χ2n) is 9.06. The van der Waals surface area contributed by atoms with Crippen molar-refractivity contribution >= 4 is 22.1 Å². The number of anilines is 1. The number of aromatic nitrogens is 6. The third kappa shape index (κ3) is 6.65. The van der Waals surface area contributed by atoms with Crippen molar-refractivity contribution in [2.75, 3.05) is 5.32 Å². The minimum atomic E-state index is -4.67. The fraction of sp³-hybridized carbons (Fsp3) is 0.292. The molecule has 3 N–H and O–H groups in total. The fourth-order valence-electron chi connectivity index (χ4n) is 3.79. The Morgan fingerprint density at radius 3 is 2.55 bits per heavy atom. The molecule has 1 saturated carbocycles. The number of benzene rings is 1. The van der Waals surface area contributed by atoms with E-state index in [4.69, 9.17) is 17.5 Å². The number of halogens is 1. The average molecular weight is 544 g/mol. The molecule has 0 saturated heterocycles. The summed E-state index contributed by atoms with van der Waals surface area (Å²) in [4.78, 5) is 21.9. The van der Waals surface area contributed by atoms with Crippen LogP contribution in [0.4, 0.5) is 10.2 Å². The second kappa shape index (κ2) is 10.8. The summed E-state index contributed by atoms with van der Waals surface area (Å²) in [5.74, 6) is 0.236. The van der Waals surface area contributed by atoms with Crippen molar-refractivity contribution in [3.63, 3.8) is 0 Å². The monoisotopic (exact) mass is 543 g/mol. The number of imidazole rings is 1. The Labute approximate surface area is 218 Å². The number of nitrogens with zero attached hydrogens (tertiary/aromatic N) is 6. The molecule has 14 heteroatoms. The van der Waals surface area contributed by atoms with Gasteiger partial charge in [0.2, 0.25) is 0 Å². The molecule has 0 radical (unpaired) electrons. The smallest absolute Gasteiger partial charge is 0.310 e. The Morgan fingerprint density at radius 2 is 1.89 bits per heavy atom. The van der Waals surface area contributed by atoms with Crippen molar-refractivity contribution in [3.8, 4) is 17.2 Å². The maximum Gasteiger partial charge on any atom is 0.394 e. The van der Waals surface area contributed by atoms with Crippen LogP contribution in [0.1, 0.15) is 60.3 Å². The van der Waals surface area contributed by atoms with Gasteiger partial charge in [-0.25, -0.2) is 14.4 Å². The Morgan fingerprint density at radius 1 is 1.18 bits per heavy atom. The Balaban J connectivity index is 0.000000617. The van der Waals surface area contributed by atoms with E-state index in [-0.39, 0.29) is 11.6 Å². The maximum atomic E-state index is 14.8. The molecule has 1 aromatic carbocycles. The number of aryl methyl sites for hydroxylation is 1. The van der Waals surface area contributed by atoms with E-state index in [2.05, 4.69) is 25.5 Å². The van der Waals surface area contributed by atoms with Crippen LogP contribution in [0.15, 0.2) is 49.2 Å². The number of carbonyl (C=O) groups is 1.